The molecule has 124 valence electrons. The molecular formula is C20H21BrN2O. The molecule has 0 aromatic heterocycles. The molecular weight excluding hydrogens is 364 g/mol. The predicted octanol–water partition coefficient (Wildman–Crippen LogP) is 5.14. The van der Waals surface area contributed by atoms with Gasteiger partial charge in [0.1, 0.15) is 0 Å². The van der Waals surface area contributed by atoms with Gasteiger partial charge >= 0.3 is 0 Å². The minimum atomic E-state index is -0.230. The number of hydrogen-bond acceptors (Lipinski definition) is 2. The summed E-state index contributed by atoms with van der Waals surface area (Å²) in [5.41, 5.74) is 5.44. The van der Waals surface area contributed by atoms with Crippen molar-refractivity contribution in [2.24, 2.45) is 5.10 Å². The molecule has 4 heteroatoms. The molecule has 1 N–H and O–H groups in total. The molecule has 0 atom stereocenters. The Morgan fingerprint density at radius 3 is 2.25 bits per heavy atom. The molecule has 0 aliphatic heterocycles. The van der Waals surface area contributed by atoms with Crippen LogP contribution in [-0.2, 0) is 5.41 Å². The number of nitrogens with zero attached hydrogens (tertiary/aromatic N) is 1. The lowest BCUT2D eigenvalue weighted by molar-refractivity contribution is 0.0955. The van der Waals surface area contributed by atoms with Crippen LogP contribution in [0.15, 0.2) is 64.2 Å². The molecule has 0 saturated carbocycles. The third-order valence-corrected chi connectivity index (χ3v) is 3.90. The van der Waals surface area contributed by atoms with Crippen molar-refractivity contribution in [3.05, 3.63) is 75.8 Å². The average Bonchev–Trinajstić information content (AvgIpc) is 2.55. The molecule has 2 aromatic rings. The summed E-state index contributed by atoms with van der Waals surface area (Å²) in [5.74, 6) is -0.230. The van der Waals surface area contributed by atoms with Crippen LogP contribution >= 0.6 is 15.9 Å². The molecule has 0 unspecified atom stereocenters. The second-order valence-corrected chi connectivity index (χ2v) is 7.38. The smallest absolute Gasteiger partial charge is 0.267 e. The molecule has 0 radical (unpaired) electrons. The van der Waals surface area contributed by atoms with Crippen molar-refractivity contribution >= 4 is 34.1 Å². The van der Waals surface area contributed by atoms with Crippen molar-refractivity contribution in [2.75, 3.05) is 0 Å². The Hall–Kier alpha value is -2.20. The number of amides is 1. The van der Waals surface area contributed by atoms with Crippen molar-refractivity contribution in [1.29, 1.82) is 0 Å². The Labute approximate surface area is 151 Å². The van der Waals surface area contributed by atoms with Crippen molar-refractivity contribution in [3.63, 3.8) is 0 Å². The number of halogens is 1. The fraction of sp³-hybridized carbons (Fsp3) is 0.200. The Bertz CT molecular complexity index is 741. The summed E-state index contributed by atoms with van der Waals surface area (Å²) >= 11 is 3.41. The van der Waals surface area contributed by atoms with E-state index in [1.165, 1.54) is 5.56 Å². The molecule has 3 nitrogen and oxygen atoms in total. The second-order valence-electron chi connectivity index (χ2n) is 6.47. The van der Waals surface area contributed by atoms with Gasteiger partial charge in [-0.15, -0.1) is 0 Å². The van der Waals surface area contributed by atoms with Gasteiger partial charge in [0.05, 0.1) is 6.21 Å². The van der Waals surface area contributed by atoms with Crippen LogP contribution in [0.5, 0.6) is 0 Å². The molecule has 0 fully saturated rings. The zero-order valence-corrected chi connectivity index (χ0v) is 15.7. The number of carbonyl (C=O) groups is 1. The van der Waals surface area contributed by atoms with Crippen molar-refractivity contribution in [2.45, 2.75) is 26.2 Å². The van der Waals surface area contributed by atoms with Gasteiger partial charge in [0.25, 0.3) is 5.91 Å². The van der Waals surface area contributed by atoms with Crippen LogP contribution in [-0.4, -0.2) is 12.1 Å². The monoisotopic (exact) mass is 384 g/mol. The molecule has 0 saturated heterocycles. The van der Waals surface area contributed by atoms with Gasteiger partial charge in [-0.1, -0.05) is 63.2 Å². The number of benzene rings is 2. The Kier molecular flexibility index (Phi) is 6.10. The fourth-order valence-corrected chi connectivity index (χ4v) is 2.45. The largest absolute Gasteiger partial charge is 0.271 e. The second kappa shape index (κ2) is 8.06. The highest BCUT2D eigenvalue weighted by molar-refractivity contribution is 9.12. The minimum Gasteiger partial charge on any atom is -0.267 e. The molecule has 1 amide bonds. The molecule has 2 aromatic carbocycles. The van der Waals surface area contributed by atoms with E-state index in [1.54, 1.807) is 6.21 Å². The lowest BCUT2D eigenvalue weighted by atomic mass is 9.87. The van der Waals surface area contributed by atoms with Crippen molar-refractivity contribution in [3.8, 4) is 0 Å². The van der Waals surface area contributed by atoms with Crippen molar-refractivity contribution < 1.29 is 4.79 Å². The summed E-state index contributed by atoms with van der Waals surface area (Å²) in [7, 11) is 0. The highest BCUT2D eigenvalue weighted by Gasteiger charge is 2.14. The summed E-state index contributed by atoms with van der Waals surface area (Å²) in [6.45, 7) is 6.43. The van der Waals surface area contributed by atoms with E-state index in [-0.39, 0.29) is 11.3 Å². The van der Waals surface area contributed by atoms with Gasteiger partial charge in [-0.25, -0.2) is 5.43 Å². The first-order chi connectivity index (χ1) is 11.4. The topological polar surface area (TPSA) is 41.5 Å². The standard InChI is InChI=1S/C20H21BrN2O/c1-20(2,3)17-11-9-16(10-12-17)19(24)23-22-14-18(21)13-15-7-5-4-6-8-15/h4-14H,1-3H3,(H,23,24)/b18-13-,22-14-. The lowest BCUT2D eigenvalue weighted by Crippen LogP contribution is -2.18. The molecule has 24 heavy (non-hydrogen) atoms. The first-order valence-electron chi connectivity index (χ1n) is 7.72. The highest BCUT2D eigenvalue weighted by atomic mass is 79.9. The van der Waals surface area contributed by atoms with Crippen LogP contribution in [0, 0.1) is 0 Å². The molecule has 0 spiro atoms. The van der Waals surface area contributed by atoms with E-state index in [1.807, 2.05) is 60.7 Å². The van der Waals surface area contributed by atoms with Crippen molar-refractivity contribution in [1.82, 2.24) is 5.43 Å². The average molecular weight is 385 g/mol. The van der Waals surface area contributed by atoms with Crippen LogP contribution in [0.3, 0.4) is 0 Å². The quantitative estimate of drug-likeness (QED) is 0.575. The Balaban J connectivity index is 1.96. The predicted molar refractivity (Wildman–Crippen MR) is 104 cm³/mol. The minimum absolute atomic E-state index is 0.0697. The maximum atomic E-state index is 12.1. The number of allylic oxidation sites excluding steroid dienone is 1. The van der Waals surface area contributed by atoms with Gasteiger partial charge in [0.2, 0.25) is 0 Å². The van der Waals surface area contributed by atoms with Gasteiger partial charge in [-0.2, -0.15) is 5.10 Å². The molecule has 0 aliphatic rings. The first kappa shape index (κ1) is 18.1. The highest BCUT2D eigenvalue weighted by Crippen LogP contribution is 2.22. The summed E-state index contributed by atoms with van der Waals surface area (Å²) in [4.78, 5) is 12.1. The zero-order valence-electron chi connectivity index (χ0n) is 14.1. The van der Waals surface area contributed by atoms with Crippen LogP contribution in [0.1, 0.15) is 42.3 Å². The third-order valence-electron chi connectivity index (χ3n) is 3.47. The van der Waals surface area contributed by atoms with E-state index in [2.05, 4.69) is 47.2 Å². The SMILES string of the molecule is CC(C)(C)c1ccc(C(=O)N/N=C\C(Br)=C\c2ccccc2)cc1. The number of hydrazone groups is 1. The summed E-state index contributed by atoms with van der Waals surface area (Å²) < 4.78 is 0.775. The van der Waals surface area contributed by atoms with Crippen LogP contribution in [0.2, 0.25) is 0 Å². The van der Waals surface area contributed by atoms with Crippen LogP contribution in [0.4, 0.5) is 0 Å². The fourth-order valence-electron chi connectivity index (χ4n) is 2.08. The number of nitrogens with one attached hydrogen (secondary N) is 1. The van der Waals surface area contributed by atoms with Crippen LogP contribution < -0.4 is 5.43 Å². The number of rotatable bonds is 4. The Morgan fingerprint density at radius 1 is 1.04 bits per heavy atom. The molecule has 0 aliphatic carbocycles. The van der Waals surface area contributed by atoms with E-state index < -0.39 is 0 Å². The zero-order chi connectivity index (χ0) is 17.6. The molecule has 2 rings (SSSR count). The van der Waals surface area contributed by atoms with Gasteiger partial charge in [-0.3, -0.25) is 4.79 Å². The summed E-state index contributed by atoms with van der Waals surface area (Å²) in [6, 6.07) is 17.5. The van der Waals surface area contributed by atoms with Crippen LogP contribution in [0.25, 0.3) is 6.08 Å². The maximum absolute atomic E-state index is 12.1. The van der Waals surface area contributed by atoms with Gasteiger partial charge in [0.15, 0.2) is 0 Å². The molecule has 0 heterocycles. The first-order valence-corrected chi connectivity index (χ1v) is 8.52. The Morgan fingerprint density at radius 2 is 1.67 bits per heavy atom. The van der Waals surface area contributed by atoms with Gasteiger partial charge in [-0.05, 0) is 50.7 Å². The third kappa shape index (κ3) is 5.46. The summed E-state index contributed by atoms with van der Waals surface area (Å²) in [5, 5.41) is 3.98. The number of hydrogen-bond donors (Lipinski definition) is 1. The van der Waals surface area contributed by atoms with E-state index in [9.17, 15) is 4.79 Å². The summed E-state index contributed by atoms with van der Waals surface area (Å²) in [6.07, 6.45) is 3.49. The van der Waals surface area contributed by atoms with Gasteiger partial charge < -0.3 is 0 Å². The van der Waals surface area contributed by atoms with Gasteiger partial charge in [0, 0.05) is 10.0 Å². The maximum Gasteiger partial charge on any atom is 0.271 e. The van der Waals surface area contributed by atoms with E-state index >= 15 is 0 Å². The normalized spacial score (nSPS) is 12.4. The van der Waals surface area contributed by atoms with E-state index in [0.717, 1.165) is 10.0 Å². The number of carbonyl (C=O) groups excluding carboxylic acids is 1. The molecule has 0 bridgehead atoms. The van der Waals surface area contributed by atoms with E-state index in [0.29, 0.717) is 5.56 Å². The van der Waals surface area contributed by atoms with E-state index in [4.69, 9.17) is 0 Å². The lowest BCUT2D eigenvalue weighted by Gasteiger charge is -2.18.